The number of fused-ring (bicyclic) bond motifs is 1. The number of hydrogen-bond donors (Lipinski definition) is 1. The highest BCUT2D eigenvalue weighted by Gasteiger charge is 2.10. The van der Waals surface area contributed by atoms with Crippen molar-refractivity contribution >= 4 is 28.3 Å². The van der Waals surface area contributed by atoms with E-state index in [1.165, 1.54) is 10.7 Å². The van der Waals surface area contributed by atoms with Crippen molar-refractivity contribution in [2.24, 2.45) is 0 Å². The molecule has 0 atom stereocenters. The lowest BCUT2D eigenvalue weighted by atomic mass is 10.0. The van der Waals surface area contributed by atoms with Crippen LogP contribution in [0.2, 0.25) is 5.02 Å². The third-order valence-corrected chi connectivity index (χ3v) is 5.03. The van der Waals surface area contributed by atoms with Crippen LogP contribution < -0.4 is 10.9 Å². The molecule has 0 aliphatic rings. The predicted octanol–water partition coefficient (Wildman–Crippen LogP) is 4.03. The number of carbonyl (C=O) groups is 1. The maximum Gasteiger partial charge on any atom is 0.267 e. The van der Waals surface area contributed by atoms with Gasteiger partial charge in [0.2, 0.25) is 5.91 Å². The Labute approximate surface area is 172 Å². The number of rotatable bonds is 5. The summed E-state index contributed by atoms with van der Waals surface area (Å²) in [6, 6.07) is 24.3. The molecular formula is C23H18ClN3O2. The van der Waals surface area contributed by atoms with Crippen molar-refractivity contribution in [2.45, 2.75) is 13.1 Å². The van der Waals surface area contributed by atoms with Gasteiger partial charge in [0.25, 0.3) is 5.56 Å². The van der Waals surface area contributed by atoms with Gasteiger partial charge in [-0.25, -0.2) is 4.68 Å². The van der Waals surface area contributed by atoms with Crippen LogP contribution in [-0.4, -0.2) is 15.7 Å². The summed E-state index contributed by atoms with van der Waals surface area (Å²) < 4.78 is 1.18. The molecule has 4 aromatic rings. The zero-order valence-corrected chi connectivity index (χ0v) is 16.3. The Morgan fingerprint density at radius 3 is 2.55 bits per heavy atom. The van der Waals surface area contributed by atoms with Crippen molar-refractivity contribution in [3.8, 4) is 11.3 Å². The summed E-state index contributed by atoms with van der Waals surface area (Å²) in [5.41, 5.74) is 2.03. The molecule has 29 heavy (non-hydrogen) atoms. The number of benzene rings is 3. The van der Waals surface area contributed by atoms with Gasteiger partial charge >= 0.3 is 0 Å². The number of halogens is 1. The first-order valence-electron chi connectivity index (χ1n) is 9.18. The molecule has 0 radical (unpaired) electrons. The first-order chi connectivity index (χ1) is 14.1. The molecule has 0 bridgehead atoms. The molecular weight excluding hydrogens is 386 g/mol. The average Bonchev–Trinajstić information content (AvgIpc) is 2.74. The molecule has 1 aromatic heterocycles. The molecule has 0 aliphatic heterocycles. The van der Waals surface area contributed by atoms with Crippen molar-refractivity contribution in [3.63, 3.8) is 0 Å². The van der Waals surface area contributed by atoms with Crippen LogP contribution >= 0.6 is 11.6 Å². The number of nitrogens with one attached hydrogen (secondary N) is 1. The summed E-state index contributed by atoms with van der Waals surface area (Å²) >= 11 is 6.11. The van der Waals surface area contributed by atoms with Gasteiger partial charge in [0.15, 0.2) is 0 Å². The van der Waals surface area contributed by atoms with Gasteiger partial charge in [-0.1, -0.05) is 72.3 Å². The van der Waals surface area contributed by atoms with Crippen LogP contribution in [0.15, 0.2) is 83.7 Å². The molecule has 3 aromatic carbocycles. The molecule has 5 nitrogen and oxygen atoms in total. The van der Waals surface area contributed by atoms with Crippen LogP contribution in [0, 0.1) is 0 Å². The lowest BCUT2D eigenvalue weighted by Gasteiger charge is -2.10. The van der Waals surface area contributed by atoms with E-state index in [1.54, 1.807) is 12.1 Å². The maximum absolute atomic E-state index is 12.4. The van der Waals surface area contributed by atoms with E-state index in [9.17, 15) is 9.59 Å². The second-order valence-corrected chi connectivity index (χ2v) is 7.02. The number of aromatic nitrogens is 2. The fraction of sp³-hybridized carbons (Fsp3) is 0.0870. The SMILES string of the molecule is O=C(Cn1nc(-c2cccc3ccccc23)ccc1=O)NCc1ccccc1Cl. The van der Waals surface area contributed by atoms with Crippen molar-refractivity contribution in [1.29, 1.82) is 0 Å². The highest BCUT2D eigenvalue weighted by molar-refractivity contribution is 6.31. The van der Waals surface area contributed by atoms with Gasteiger partial charge in [-0.3, -0.25) is 9.59 Å². The van der Waals surface area contributed by atoms with E-state index in [2.05, 4.69) is 10.4 Å². The minimum Gasteiger partial charge on any atom is -0.350 e. The van der Waals surface area contributed by atoms with Crippen LogP contribution in [0.3, 0.4) is 0 Å². The number of carbonyl (C=O) groups excluding carboxylic acids is 1. The first kappa shape index (κ1) is 18.9. The molecule has 144 valence electrons. The van der Waals surface area contributed by atoms with E-state index in [0.29, 0.717) is 10.7 Å². The highest BCUT2D eigenvalue weighted by Crippen LogP contribution is 2.26. The van der Waals surface area contributed by atoms with E-state index in [-0.39, 0.29) is 24.6 Å². The second kappa shape index (κ2) is 8.29. The van der Waals surface area contributed by atoms with Crippen molar-refractivity contribution in [3.05, 3.63) is 99.8 Å². The molecule has 0 fully saturated rings. The standard InChI is InChI=1S/C23H18ClN3O2/c24-20-11-4-2-7-17(20)14-25-22(28)15-27-23(29)13-12-21(26-27)19-10-5-8-16-6-1-3-9-18(16)19/h1-13H,14-15H2,(H,25,28). The number of amides is 1. The van der Waals surface area contributed by atoms with Crippen LogP contribution in [0.25, 0.3) is 22.0 Å². The normalized spacial score (nSPS) is 10.8. The molecule has 6 heteroatoms. The monoisotopic (exact) mass is 403 g/mol. The molecule has 1 amide bonds. The average molecular weight is 404 g/mol. The minimum absolute atomic E-state index is 0.165. The Morgan fingerprint density at radius 2 is 1.69 bits per heavy atom. The van der Waals surface area contributed by atoms with Gasteiger partial charge in [-0.05, 0) is 28.5 Å². The topological polar surface area (TPSA) is 64.0 Å². The van der Waals surface area contributed by atoms with E-state index < -0.39 is 0 Å². The Bertz CT molecular complexity index is 1240. The molecule has 0 spiro atoms. The fourth-order valence-corrected chi connectivity index (χ4v) is 3.38. The molecule has 4 rings (SSSR count). The number of hydrogen-bond acceptors (Lipinski definition) is 3. The van der Waals surface area contributed by atoms with Gasteiger partial charge in [0.05, 0.1) is 5.69 Å². The van der Waals surface area contributed by atoms with Gasteiger partial charge in [-0.2, -0.15) is 5.10 Å². The van der Waals surface area contributed by atoms with Gasteiger partial charge < -0.3 is 5.32 Å². The van der Waals surface area contributed by atoms with E-state index in [0.717, 1.165) is 21.9 Å². The number of nitrogens with zero attached hydrogens (tertiary/aromatic N) is 2. The lowest BCUT2D eigenvalue weighted by Crippen LogP contribution is -2.33. The Kier molecular flexibility index (Phi) is 5.40. The third kappa shape index (κ3) is 4.20. The quantitative estimate of drug-likeness (QED) is 0.547. The van der Waals surface area contributed by atoms with Crippen molar-refractivity contribution < 1.29 is 4.79 Å². The Morgan fingerprint density at radius 1 is 0.931 bits per heavy atom. The van der Waals surface area contributed by atoms with E-state index in [1.807, 2.05) is 60.7 Å². The van der Waals surface area contributed by atoms with Crippen LogP contribution in [-0.2, 0) is 17.9 Å². The molecule has 1 N–H and O–H groups in total. The zero-order valence-electron chi connectivity index (χ0n) is 15.5. The Balaban J connectivity index is 1.56. The molecule has 0 saturated carbocycles. The summed E-state index contributed by atoms with van der Waals surface area (Å²) in [6.07, 6.45) is 0. The maximum atomic E-state index is 12.4. The molecule has 0 aliphatic carbocycles. The summed E-state index contributed by atoms with van der Waals surface area (Å²) in [5, 5.41) is 9.91. The summed E-state index contributed by atoms with van der Waals surface area (Å²) in [4.78, 5) is 24.6. The summed E-state index contributed by atoms with van der Waals surface area (Å²) in [7, 11) is 0. The predicted molar refractivity (Wildman–Crippen MR) is 115 cm³/mol. The molecule has 1 heterocycles. The van der Waals surface area contributed by atoms with Gasteiger partial charge in [0.1, 0.15) is 6.54 Å². The van der Waals surface area contributed by atoms with Crippen LogP contribution in [0.5, 0.6) is 0 Å². The van der Waals surface area contributed by atoms with E-state index >= 15 is 0 Å². The van der Waals surface area contributed by atoms with Crippen LogP contribution in [0.4, 0.5) is 0 Å². The van der Waals surface area contributed by atoms with Gasteiger partial charge in [0, 0.05) is 23.2 Å². The van der Waals surface area contributed by atoms with E-state index in [4.69, 9.17) is 11.6 Å². The smallest absolute Gasteiger partial charge is 0.267 e. The molecule has 0 saturated heterocycles. The Hall–Kier alpha value is -3.44. The van der Waals surface area contributed by atoms with Crippen molar-refractivity contribution in [2.75, 3.05) is 0 Å². The van der Waals surface area contributed by atoms with Gasteiger partial charge in [-0.15, -0.1) is 0 Å². The highest BCUT2D eigenvalue weighted by atomic mass is 35.5. The first-order valence-corrected chi connectivity index (χ1v) is 9.56. The summed E-state index contributed by atoms with van der Waals surface area (Å²) in [6.45, 7) is 0.123. The molecule has 0 unspecified atom stereocenters. The fourth-order valence-electron chi connectivity index (χ4n) is 3.18. The third-order valence-electron chi connectivity index (χ3n) is 4.66. The largest absolute Gasteiger partial charge is 0.350 e. The lowest BCUT2D eigenvalue weighted by molar-refractivity contribution is -0.122. The van der Waals surface area contributed by atoms with Crippen molar-refractivity contribution in [1.82, 2.24) is 15.1 Å². The summed E-state index contributed by atoms with van der Waals surface area (Å²) in [5.74, 6) is -0.311. The second-order valence-electron chi connectivity index (χ2n) is 6.61. The zero-order chi connectivity index (χ0) is 20.2. The minimum atomic E-state index is -0.332. The van der Waals surface area contributed by atoms with Crippen LogP contribution in [0.1, 0.15) is 5.56 Å².